The van der Waals surface area contributed by atoms with Crippen LogP contribution >= 0.6 is 0 Å². The summed E-state index contributed by atoms with van der Waals surface area (Å²) in [6.07, 6.45) is 6.03. The predicted octanol–water partition coefficient (Wildman–Crippen LogP) is 3.03. The molecule has 1 aromatic carbocycles. The van der Waals surface area contributed by atoms with Gasteiger partial charge in [0.25, 0.3) is 5.91 Å². The van der Waals surface area contributed by atoms with Gasteiger partial charge < -0.3 is 10.1 Å². The Bertz CT molecular complexity index is 692. The van der Waals surface area contributed by atoms with Gasteiger partial charge in [-0.15, -0.1) is 0 Å². The number of hydrogen-bond acceptors (Lipinski definition) is 4. The number of carbonyl (C=O) groups excluding carboxylic acids is 3. The summed E-state index contributed by atoms with van der Waals surface area (Å²) in [5, 5.41) is 2.71. The number of nitrogens with zero attached hydrogens (tertiary/aromatic N) is 1. The Kier molecular flexibility index (Phi) is 5.30. The molecule has 3 amide bonds. The van der Waals surface area contributed by atoms with Crippen molar-refractivity contribution in [2.24, 2.45) is 0 Å². The van der Waals surface area contributed by atoms with Crippen LogP contribution < -0.4 is 5.32 Å². The van der Waals surface area contributed by atoms with Crippen molar-refractivity contribution in [1.82, 2.24) is 10.2 Å². The Labute approximate surface area is 153 Å². The first-order valence-corrected chi connectivity index (χ1v) is 9.31. The highest BCUT2D eigenvalue weighted by atomic mass is 16.5. The molecule has 0 radical (unpaired) electrons. The molecule has 2 fully saturated rings. The molecule has 1 aliphatic heterocycles. The lowest BCUT2D eigenvalue weighted by Crippen LogP contribution is -2.42. The summed E-state index contributed by atoms with van der Waals surface area (Å²) < 4.78 is 5.51. The van der Waals surface area contributed by atoms with Gasteiger partial charge in [-0.25, -0.2) is 4.79 Å². The number of urea groups is 1. The molecule has 3 rings (SSSR count). The molecule has 0 spiro atoms. The van der Waals surface area contributed by atoms with Crippen LogP contribution in [-0.4, -0.2) is 35.5 Å². The third-order valence-corrected chi connectivity index (χ3v) is 5.29. The Morgan fingerprint density at radius 3 is 2.38 bits per heavy atom. The summed E-state index contributed by atoms with van der Waals surface area (Å²) in [7, 11) is 0. The standard InChI is InChI=1S/C20H26N2O4/c1-14-9-11-15(12-10-14)20(2)18(24)22(19(25)21-20)13-17(23)26-16-7-5-3-4-6-8-16/h9-12,16H,3-8,13H2,1-2H3,(H,21,25)/t20-/m0/s1. The number of rotatable bonds is 4. The highest BCUT2D eigenvalue weighted by molar-refractivity contribution is 6.08. The van der Waals surface area contributed by atoms with Crippen LogP contribution in [0.5, 0.6) is 0 Å². The van der Waals surface area contributed by atoms with Crippen LogP contribution in [0.2, 0.25) is 0 Å². The molecule has 1 saturated carbocycles. The normalized spacial score (nSPS) is 24.3. The van der Waals surface area contributed by atoms with E-state index in [4.69, 9.17) is 4.74 Å². The molecule has 0 bridgehead atoms. The Hall–Kier alpha value is -2.37. The largest absolute Gasteiger partial charge is 0.461 e. The second kappa shape index (κ2) is 7.48. The fraction of sp³-hybridized carbons (Fsp3) is 0.550. The van der Waals surface area contributed by atoms with Crippen LogP contribution in [0, 0.1) is 6.92 Å². The lowest BCUT2D eigenvalue weighted by molar-refractivity contribution is -0.152. The van der Waals surface area contributed by atoms with Crippen LogP contribution in [0.25, 0.3) is 0 Å². The van der Waals surface area contributed by atoms with Crippen molar-refractivity contribution in [1.29, 1.82) is 0 Å². The van der Waals surface area contributed by atoms with Crippen LogP contribution in [0.15, 0.2) is 24.3 Å². The summed E-state index contributed by atoms with van der Waals surface area (Å²) in [6.45, 7) is 3.27. The number of hydrogen-bond donors (Lipinski definition) is 1. The maximum atomic E-state index is 12.8. The average molecular weight is 358 g/mol. The highest BCUT2D eigenvalue weighted by Gasteiger charge is 2.49. The Morgan fingerprint density at radius 1 is 1.15 bits per heavy atom. The maximum Gasteiger partial charge on any atom is 0.326 e. The molecular formula is C20H26N2O4. The van der Waals surface area contributed by atoms with Gasteiger partial charge in [-0.2, -0.15) is 0 Å². The number of ether oxygens (including phenoxy) is 1. The van der Waals surface area contributed by atoms with Crippen LogP contribution in [0.1, 0.15) is 56.6 Å². The molecule has 140 valence electrons. The van der Waals surface area contributed by atoms with E-state index in [0.29, 0.717) is 5.56 Å². The van der Waals surface area contributed by atoms with E-state index in [1.54, 1.807) is 6.92 Å². The fourth-order valence-corrected chi connectivity index (χ4v) is 3.64. The number of nitrogens with one attached hydrogen (secondary N) is 1. The van der Waals surface area contributed by atoms with Gasteiger partial charge in [0.05, 0.1) is 0 Å². The molecular weight excluding hydrogens is 332 g/mol. The van der Waals surface area contributed by atoms with Crippen molar-refractivity contribution in [3.05, 3.63) is 35.4 Å². The molecule has 2 aliphatic rings. The zero-order chi connectivity index (χ0) is 18.7. The number of carbonyl (C=O) groups is 3. The number of imide groups is 1. The summed E-state index contributed by atoms with van der Waals surface area (Å²) in [5.74, 6) is -0.947. The second-order valence-corrected chi connectivity index (χ2v) is 7.42. The molecule has 1 saturated heterocycles. The van der Waals surface area contributed by atoms with E-state index < -0.39 is 23.4 Å². The number of esters is 1. The summed E-state index contributed by atoms with van der Waals surface area (Å²) >= 11 is 0. The molecule has 1 aliphatic carbocycles. The van der Waals surface area contributed by atoms with E-state index in [1.165, 1.54) is 0 Å². The maximum absolute atomic E-state index is 12.8. The molecule has 0 aromatic heterocycles. The predicted molar refractivity (Wildman–Crippen MR) is 96.4 cm³/mol. The first-order valence-electron chi connectivity index (χ1n) is 9.31. The van der Waals surface area contributed by atoms with E-state index in [0.717, 1.165) is 49.0 Å². The van der Waals surface area contributed by atoms with E-state index >= 15 is 0 Å². The van der Waals surface area contributed by atoms with Gasteiger partial charge in [-0.1, -0.05) is 42.7 Å². The zero-order valence-electron chi connectivity index (χ0n) is 15.4. The quantitative estimate of drug-likeness (QED) is 0.510. The SMILES string of the molecule is Cc1ccc([C@]2(C)NC(=O)N(CC(=O)OC3CCCCCC3)C2=O)cc1. The van der Waals surface area contributed by atoms with Crippen molar-refractivity contribution in [2.45, 2.75) is 64.0 Å². The number of benzene rings is 1. The molecule has 0 unspecified atom stereocenters. The van der Waals surface area contributed by atoms with E-state index in [1.807, 2.05) is 31.2 Å². The van der Waals surface area contributed by atoms with Crippen LogP contribution in [0.3, 0.4) is 0 Å². The van der Waals surface area contributed by atoms with Gasteiger partial charge in [0.15, 0.2) is 0 Å². The van der Waals surface area contributed by atoms with Gasteiger partial charge in [0, 0.05) is 0 Å². The minimum absolute atomic E-state index is 0.103. The molecule has 1 aromatic rings. The topological polar surface area (TPSA) is 75.7 Å². The van der Waals surface area contributed by atoms with E-state index in [2.05, 4.69) is 5.32 Å². The Morgan fingerprint density at radius 2 is 1.77 bits per heavy atom. The fourth-order valence-electron chi connectivity index (χ4n) is 3.64. The first-order chi connectivity index (χ1) is 12.4. The van der Waals surface area contributed by atoms with Crippen molar-refractivity contribution >= 4 is 17.9 Å². The molecule has 1 N–H and O–H groups in total. The third kappa shape index (κ3) is 3.74. The van der Waals surface area contributed by atoms with Crippen molar-refractivity contribution < 1.29 is 19.1 Å². The Balaban J connectivity index is 1.66. The minimum atomic E-state index is -1.16. The van der Waals surface area contributed by atoms with Gasteiger partial charge in [0.1, 0.15) is 18.2 Å². The minimum Gasteiger partial charge on any atom is -0.461 e. The molecule has 26 heavy (non-hydrogen) atoms. The lowest BCUT2D eigenvalue weighted by Gasteiger charge is -2.22. The van der Waals surface area contributed by atoms with Crippen molar-refractivity contribution in [2.75, 3.05) is 6.54 Å². The second-order valence-electron chi connectivity index (χ2n) is 7.42. The van der Waals surface area contributed by atoms with Gasteiger partial charge >= 0.3 is 12.0 Å². The van der Waals surface area contributed by atoms with Crippen LogP contribution in [0.4, 0.5) is 4.79 Å². The zero-order valence-corrected chi connectivity index (χ0v) is 15.4. The molecule has 6 nitrogen and oxygen atoms in total. The lowest BCUT2D eigenvalue weighted by atomic mass is 9.91. The molecule has 1 atom stereocenters. The summed E-state index contributed by atoms with van der Waals surface area (Å²) in [4.78, 5) is 38.4. The van der Waals surface area contributed by atoms with Gasteiger partial charge in [0.2, 0.25) is 0 Å². The number of amides is 3. The summed E-state index contributed by atoms with van der Waals surface area (Å²) in [6, 6.07) is 6.86. The van der Waals surface area contributed by atoms with E-state index in [9.17, 15) is 14.4 Å². The van der Waals surface area contributed by atoms with Crippen LogP contribution in [-0.2, 0) is 19.9 Å². The van der Waals surface area contributed by atoms with Crippen molar-refractivity contribution in [3.63, 3.8) is 0 Å². The third-order valence-electron chi connectivity index (χ3n) is 5.29. The summed E-state index contributed by atoms with van der Waals surface area (Å²) in [5.41, 5.74) is 0.604. The van der Waals surface area contributed by atoms with E-state index in [-0.39, 0.29) is 12.6 Å². The smallest absolute Gasteiger partial charge is 0.326 e. The van der Waals surface area contributed by atoms with Gasteiger partial charge in [-0.05, 0) is 45.1 Å². The first kappa shape index (κ1) is 18.4. The monoisotopic (exact) mass is 358 g/mol. The molecule has 6 heteroatoms. The number of aryl methyl sites for hydroxylation is 1. The highest BCUT2D eigenvalue weighted by Crippen LogP contribution is 2.29. The van der Waals surface area contributed by atoms with Gasteiger partial charge in [-0.3, -0.25) is 14.5 Å². The molecule has 1 heterocycles. The average Bonchev–Trinajstić information content (AvgIpc) is 2.79. The van der Waals surface area contributed by atoms with Crippen molar-refractivity contribution in [3.8, 4) is 0 Å².